The van der Waals surface area contributed by atoms with Gasteiger partial charge in [0.2, 0.25) is 0 Å². The molecule has 0 unspecified atom stereocenters. The highest BCUT2D eigenvalue weighted by molar-refractivity contribution is 6.01. The Bertz CT molecular complexity index is 621. The van der Waals surface area contributed by atoms with E-state index >= 15 is 0 Å². The second kappa shape index (κ2) is 3.73. The van der Waals surface area contributed by atoms with Crippen molar-refractivity contribution >= 4 is 16.7 Å². The number of rotatable bonds is 1. The lowest BCUT2D eigenvalue weighted by Crippen LogP contribution is -2.15. The van der Waals surface area contributed by atoms with Crippen LogP contribution in [0.4, 0.5) is 4.39 Å². The molecule has 1 aromatic heterocycles. The van der Waals surface area contributed by atoms with Gasteiger partial charge >= 0.3 is 5.97 Å². The van der Waals surface area contributed by atoms with Gasteiger partial charge in [-0.25, -0.2) is 14.3 Å². The maximum Gasteiger partial charge on any atom is 0.359 e. The average molecular weight is 222 g/mol. The van der Waals surface area contributed by atoms with E-state index in [-0.39, 0.29) is 16.5 Å². The van der Waals surface area contributed by atoms with Crippen molar-refractivity contribution in [1.29, 1.82) is 0 Å². The Kier molecular flexibility index (Phi) is 2.40. The number of H-pyrrole nitrogens is 1. The van der Waals surface area contributed by atoms with Crippen LogP contribution in [0.15, 0.2) is 23.0 Å². The molecule has 0 radical (unpaired) electrons. The van der Waals surface area contributed by atoms with E-state index in [4.69, 9.17) is 0 Å². The van der Waals surface area contributed by atoms with Crippen LogP contribution in [0.1, 0.15) is 10.5 Å². The number of aromatic nitrogens is 2. The van der Waals surface area contributed by atoms with Gasteiger partial charge in [-0.05, 0) is 18.2 Å². The predicted molar refractivity (Wildman–Crippen MR) is 53.7 cm³/mol. The normalized spacial score (nSPS) is 10.4. The Hall–Kier alpha value is -2.24. The van der Waals surface area contributed by atoms with E-state index < -0.39 is 17.3 Å². The molecule has 82 valence electrons. The average Bonchev–Trinajstić information content (AvgIpc) is 2.28. The molecule has 0 amide bonds. The highest BCUT2D eigenvalue weighted by Crippen LogP contribution is 2.15. The molecular weight excluding hydrogens is 215 g/mol. The van der Waals surface area contributed by atoms with Crippen LogP contribution >= 0.6 is 0 Å². The van der Waals surface area contributed by atoms with Gasteiger partial charge in [0.05, 0.1) is 12.5 Å². The maximum atomic E-state index is 13.0. The first-order valence-corrected chi connectivity index (χ1v) is 4.39. The fourth-order valence-corrected chi connectivity index (χ4v) is 1.39. The van der Waals surface area contributed by atoms with E-state index in [1.165, 1.54) is 13.2 Å². The summed E-state index contributed by atoms with van der Waals surface area (Å²) < 4.78 is 17.5. The van der Waals surface area contributed by atoms with Gasteiger partial charge in [-0.2, -0.15) is 5.10 Å². The first-order valence-electron chi connectivity index (χ1n) is 4.39. The molecule has 0 atom stereocenters. The van der Waals surface area contributed by atoms with Crippen LogP contribution in [0, 0.1) is 5.82 Å². The highest BCUT2D eigenvalue weighted by atomic mass is 19.1. The van der Waals surface area contributed by atoms with Crippen molar-refractivity contribution in [1.82, 2.24) is 10.2 Å². The minimum atomic E-state index is -0.730. The number of aromatic amines is 1. The predicted octanol–water partition coefficient (Wildman–Crippen LogP) is 0.849. The summed E-state index contributed by atoms with van der Waals surface area (Å²) in [5, 5.41) is 6.01. The first-order chi connectivity index (χ1) is 7.63. The maximum absolute atomic E-state index is 13.0. The van der Waals surface area contributed by atoms with Crippen LogP contribution in [-0.4, -0.2) is 23.3 Å². The number of esters is 1. The summed E-state index contributed by atoms with van der Waals surface area (Å²) in [6.07, 6.45) is 0. The third-order valence-corrected chi connectivity index (χ3v) is 2.13. The molecule has 1 N–H and O–H groups in total. The number of hydrogen-bond acceptors (Lipinski definition) is 4. The number of fused-ring (bicyclic) bond motifs is 1. The lowest BCUT2D eigenvalue weighted by molar-refractivity contribution is 0.0595. The van der Waals surface area contributed by atoms with Crippen molar-refractivity contribution in [3.05, 3.63) is 40.1 Å². The number of ether oxygens (including phenoxy) is 1. The summed E-state index contributed by atoms with van der Waals surface area (Å²) in [5.74, 6) is -1.28. The molecule has 0 bridgehead atoms. The number of nitrogens with zero attached hydrogens (tertiary/aromatic N) is 1. The summed E-state index contributed by atoms with van der Waals surface area (Å²) >= 11 is 0. The molecule has 16 heavy (non-hydrogen) atoms. The summed E-state index contributed by atoms with van der Waals surface area (Å²) in [6, 6.07) is 3.50. The Morgan fingerprint density at radius 2 is 2.19 bits per heavy atom. The third kappa shape index (κ3) is 1.54. The molecule has 0 aliphatic carbocycles. The van der Waals surface area contributed by atoms with Gasteiger partial charge in [0.25, 0.3) is 5.56 Å². The second-order valence-corrected chi connectivity index (χ2v) is 3.08. The van der Waals surface area contributed by atoms with Crippen LogP contribution in [-0.2, 0) is 4.74 Å². The highest BCUT2D eigenvalue weighted by Gasteiger charge is 2.14. The van der Waals surface area contributed by atoms with Crippen molar-refractivity contribution in [3.63, 3.8) is 0 Å². The summed E-state index contributed by atoms with van der Waals surface area (Å²) in [4.78, 5) is 22.7. The fraction of sp³-hybridized carbons (Fsp3) is 0.100. The minimum Gasteiger partial charge on any atom is -0.464 e. The van der Waals surface area contributed by atoms with Gasteiger partial charge in [-0.1, -0.05) is 0 Å². The zero-order valence-electron chi connectivity index (χ0n) is 8.28. The zero-order valence-corrected chi connectivity index (χ0v) is 8.28. The molecule has 0 fully saturated rings. The lowest BCUT2D eigenvalue weighted by Gasteiger charge is -2.02. The number of methoxy groups -OCH3 is 1. The van der Waals surface area contributed by atoms with Gasteiger partial charge in [0.1, 0.15) is 5.82 Å². The van der Waals surface area contributed by atoms with Crippen molar-refractivity contribution in [3.8, 4) is 0 Å². The lowest BCUT2D eigenvalue weighted by atomic mass is 10.1. The number of benzene rings is 1. The molecule has 0 saturated carbocycles. The third-order valence-electron chi connectivity index (χ3n) is 2.13. The largest absolute Gasteiger partial charge is 0.464 e. The quantitative estimate of drug-likeness (QED) is 0.726. The summed E-state index contributed by atoms with van der Waals surface area (Å²) in [6.45, 7) is 0. The van der Waals surface area contributed by atoms with E-state index in [1.807, 2.05) is 0 Å². The number of carbonyl (C=O) groups is 1. The molecule has 0 saturated heterocycles. The number of nitrogens with one attached hydrogen (secondary N) is 1. The van der Waals surface area contributed by atoms with Crippen molar-refractivity contribution in [2.75, 3.05) is 7.11 Å². The van der Waals surface area contributed by atoms with Gasteiger partial charge < -0.3 is 4.74 Å². The standard InChI is InChI=1S/C10H7FN2O3/c1-16-10(15)8-7-4-5(11)2-3-6(7)9(14)13-12-8/h2-4H,1H3,(H,13,14). The van der Waals surface area contributed by atoms with Crippen LogP contribution in [0.2, 0.25) is 0 Å². The zero-order chi connectivity index (χ0) is 11.7. The molecule has 0 aliphatic rings. The van der Waals surface area contributed by atoms with Crippen molar-refractivity contribution in [2.45, 2.75) is 0 Å². The van der Waals surface area contributed by atoms with E-state index in [0.717, 1.165) is 12.1 Å². The number of carbonyl (C=O) groups excluding carboxylic acids is 1. The Morgan fingerprint density at radius 1 is 1.44 bits per heavy atom. The Labute approximate surface area is 88.9 Å². The van der Waals surface area contributed by atoms with Gasteiger partial charge in [-0.15, -0.1) is 0 Å². The Morgan fingerprint density at radius 3 is 2.88 bits per heavy atom. The molecule has 0 spiro atoms. The minimum absolute atomic E-state index is 0.114. The van der Waals surface area contributed by atoms with Gasteiger partial charge in [0, 0.05) is 5.39 Å². The van der Waals surface area contributed by atoms with E-state index in [9.17, 15) is 14.0 Å². The monoisotopic (exact) mass is 222 g/mol. The molecule has 1 aromatic carbocycles. The molecule has 2 rings (SSSR count). The van der Waals surface area contributed by atoms with Crippen LogP contribution < -0.4 is 5.56 Å². The Balaban J connectivity index is 2.86. The van der Waals surface area contributed by atoms with E-state index in [2.05, 4.69) is 14.9 Å². The smallest absolute Gasteiger partial charge is 0.359 e. The summed E-state index contributed by atoms with van der Waals surface area (Å²) in [7, 11) is 1.18. The molecule has 2 aromatic rings. The van der Waals surface area contributed by atoms with Crippen LogP contribution in [0.3, 0.4) is 0 Å². The fourth-order valence-electron chi connectivity index (χ4n) is 1.39. The van der Waals surface area contributed by atoms with Gasteiger partial charge in [0.15, 0.2) is 5.69 Å². The number of hydrogen-bond donors (Lipinski definition) is 1. The summed E-state index contributed by atoms with van der Waals surface area (Å²) in [5.41, 5.74) is -0.598. The van der Waals surface area contributed by atoms with E-state index in [1.54, 1.807) is 0 Å². The van der Waals surface area contributed by atoms with Crippen LogP contribution in [0.25, 0.3) is 10.8 Å². The molecule has 5 nitrogen and oxygen atoms in total. The van der Waals surface area contributed by atoms with Crippen LogP contribution in [0.5, 0.6) is 0 Å². The molecule has 1 heterocycles. The van der Waals surface area contributed by atoms with Gasteiger partial charge in [-0.3, -0.25) is 4.79 Å². The second-order valence-electron chi connectivity index (χ2n) is 3.08. The van der Waals surface area contributed by atoms with E-state index in [0.29, 0.717) is 0 Å². The molecule has 0 aliphatic heterocycles. The van der Waals surface area contributed by atoms with Crippen molar-refractivity contribution in [2.24, 2.45) is 0 Å². The topological polar surface area (TPSA) is 72.0 Å². The number of halogens is 1. The van der Waals surface area contributed by atoms with Crippen molar-refractivity contribution < 1.29 is 13.9 Å². The molecule has 6 heteroatoms. The molecular formula is C10H7FN2O3. The first kappa shape index (κ1) is 10.3. The SMILES string of the molecule is COC(=O)c1n[nH]c(=O)c2ccc(F)cc12.